The number of aromatic nitrogens is 3. The lowest BCUT2D eigenvalue weighted by Gasteiger charge is -2.17. The first-order valence-corrected chi connectivity index (χ1v) is 28.2. The van der Waals surface area contributed by atoms with Crippen LogP contribution in [-0.2, 0) is 25.1 Å². The van der Waals surface area contributed by atoms with E-state index in [0.717, 1.165) is 73.2 Å². The number of aliphatic hydroxyl groups is 1. The Labute approximate surface area is 552 Å². The van der Waals surface area contributed by atoms with Crippen molar-refractivity contribution < 1.29 is 117 Å². The van der Waals surface area contributed by atoms with Gasteiger partial charge in [-0.2, -0.15) is 39.5 Å². The van der Waals surface area contributed by atoms with E-state index in [1.807, 2.05) is 0 Å². The highest BCUT2D eigenvalue weighted by Gasteiger charge is 2.35. The van der Waals surface area contributed by atoms with Crippen LogP contribution in [0.4, 0.5) is 56.6 Å². The quantitative estimate of drug-likeness (QED) is 0.0349. The number of nitrogens with one attached hydrogen (secondary N) is 3. The summed E-state index contributed by atoms with van der Waals surface area (Å²) in [5.41, 5.74) is -4.42. The van der Waals surface area contributed by atoms with Crippen LogP contribution >= 0.6 is 11.6 Å². The molecule has 3 amide bonds. The number of ether oxygens (including phenoxy) is 6. The molecule has 0 saturated heterocycles. The molecule has 6 aromatic carbocycles. The van der Waals surface area contributed by atoms with Crippen LogP contribution in [-0.4, -0.2) is 91.3 Å². The second-order valence-corrected chi connectivity index (χ2v) is 20.5. The fourth-order valence-corrected chi connectivity index (χ4v) is 8.32. The lowest BCUT2D eigenvalue weighted by molar-refractivity contribution is -0.138. The average Bonchev–Trinajstić information content (AvgIpc) is 0.816. The zero-order valence-corrected chi connectivity index (χ0v) is 51.5. The Kier molecular flexibility index (Phi) is 23.9. The van der Waals surface area contributed by atoms with Gasteiger partial charge in [-0.25, -0.2) is 29.3 Å². The van der Waals surface area contributed by atoms with Gasteiger partial charge in [0.05, 0.1) is 96.0 Å². The number of aromatic carboxylic acids is 3. The number of benzene rings is 6. The molecule has 3 heterocycles. The molecule has 0 unspecified atom stereocenters. The number of carboxylic acid groups (broad SMARTS) is 3. The smallest absolute Gasteiger partial charge is 0.416 e. The summed E-state index contributed by atoms with van der Waals surface area (Å²) in [5, 5.41) is 43.4. The van der Waals surface area contributed by atoms with E-state index in [0.29, 0.717) is 34.5 Å². The van der Waals surface area contributed by atoms with Gasteiger partial charge in [-0.15, -0.1) is 0 Å². The summed E-state index contributed by atoms with van der Waals surface area (Å²) in [5.74, 6) is -5.86. The van der Waals surface area contributed by atoms with E-state index in [9.17, 15) is 73.4 Å². The number of halogens is 10. The van der Waals surface area contributed by atoms with E-state index in [4.69, 9.17) is 55.3 Å². The number of aliphatic hydroxyl groups excluding tert-OH is 1. The second-order valence-electron chi connectivity index (χ2n) is 20.1. The lowest BCUT2D eigenvalue weighted by Crippen LogP contribution is -2.16. The minimum absolute atomic E-state index is 0.0678. The molecule has 0 spiro atoms. The maximum Gasteiger partial charge on any atom is 0.416 e. The number of hydrogen-bond acceptors (Lipinski definition) is 16. The third kappa shape index (κ3) is 20.0. The first kappa shape index (κ1) is 73.4. The van der Waals surface area contributed by atoms with E-state index >= 15 is 0 Å². The number of methoxy groups -OCH3 is 2. The third-order valence-electron chi connectivity index (χ3n) is 12.8. The van der Waals surface area contributed by atoms with E-state index in [1.165, 1.54) is 68.8 Å². The largest absolute Gasteiger partial charge is 0.493 e. The number of nitrogens with zero attached hydrogens (tertiary/aromatic N) is 3. The number of rotatable bonds is 20. The lowest BCUT2D eigenvalue weighted by atomic mass is 10.1. The van der Waals surface area contributed by atoms with E-state index in [2.05, 4.69) is 30.9 Å². The molecule has 0 radical (unpaired) electrons. The summed E-state index contributed by atoms with van der Waals surface area (Å²) < 4.78 is 152. The zero-order valence-electron chi connectivity index (χ0n) is 50.8. The van der Waals surface area contributed by atoms with Gasteiger partial charge in [-0.05, 0) is 147 Å². The Balaban J connectivity index is 0.000000207. The molecule has 510 valence electrons. The molecule has 0 bridgehead atoms. The van der Waals surface area contributed by atoms with Gasteiger partial charge in [0.2, 0.25) is 0 Å². The molecular formula is C66H50ClF9N6O16. The molecule has 0 atom stereocenters. The molecule has 0 aliphatic rings. The minimum Gasteiger partial charge on any atom is -0.493 e. The number of anilines is 3. The topological polar surface area (TPSA) is 313 Å². The average molecular weight is 1390 g/mol. The van der Waals surface area contributed by atoms with Crippen LogP contribution in [0, 0.1) is 0 Å². The van der Waals surface area contributed by atoms with Crippen LogP contribution in [0.1, 0.15) is 98.6 Å². The number of pyridine rings is 3. The van der Waals surface area contributed by atoms with Gasteiger partial charge in [-0.1, -0.05) is 29.8 Å². The Morgan fingerprint density at radius 1 is 0.429 bits per heavy atom. The van der Waals surface area contributed by atoms with E-state index in [1.54, 1.807) is 38.1 Å². The first-order valence-electron chi connectivity index (χ1n) is 27.8. The number of alkyl halides is 9. The predicted molar refractivity (Wildman–Crippen MR) is 331 cm³/mol. The molecule has 22 nitrogen and oxygen atoms in total. The van der Waals surface area contributed by atoms with Crippen molar-refractivity contribution in [1.82, 2.24) is 15.0 Å². The van der Waals surface area contributed by atoms with Gasteiger partial charge >= 0.3 is 36.4 Å². The highest BCUT2D eigenvalue weighted by atomic mass is 35.5. The monoisotopic (exact) mass is 1390 g/mol. The first-order chi connectivity index (χ1) is 46.2. The van der Waals surface area contributed by atoms with E-state index < -0.39 is 82.0 Å². The highest BCUT2D eigenvalue weighted by Crippen LogP contribution is 2.42. The van der Waals surface area contributed by atoms with E-state index in [-0.39, 0.29) is 98.4 Å². The zero-order chi connectivity index (χ0) is 71.8. The van der Waals surface area contributed by atoms with Crippen molar-refractivity contribution in [3.8, 4) is 51.7 Å². The number of carboxylic acids is 3. The summed E-state index contributed by atoms with van der Waals surface area (Å²) in [6.07, 6.45) is -11.1. The molecule has 0 fully saturated rings. The Hall–Kier alpha value is -12.0. The maximum atomic E-state index is 13.3. The Morgan fingerprint density at radius 2 is 0.755 bits per heavy atom. The summed E-state index contributed by atoms with van der Waals surface area (Å²) in [6.45, 7) is 3.34. The van der Waals surface area contributed by atoms with Crippen molar-refractivity contribution in [3.05, 3.63) is 231 Å². The summed E-state index contributed by atoms with van der Waals surface area (Å²) in [6, 6.07) is 29.9. The molecule has 98 heavy (non-hydrogen) atoms. The van der Waals surface area contributed by atoms with Gasteiger partial charge in [0.15, 0.2) is 34.5 Å². The number of carbonyl (C=O) groups excluding carboxylic acids is 3. The molecule has 0 aliphatic heterocycles. The Morgan fingerprint density at radius 3 is 1.06 bits per heavy atom. The Bertz CT molecular complexity index is 4390. The van der Waals surface area contributed by atoms with Crippen LogP contribution in [0.3, 0.4) is 0 Å². The molecule has 32 heteroatoms. The number of carbonyl (C=O) groups is 6. The van der Waals surface area contributed by atoms with Gasteiger partial charge < -0.3 is 64.8 Å². The molecule has 0 saturated carbocycles. The standard InChI is InChI=1S/C23H19F3N2O5.C22H17F3N2O6.C21H14ClF3N2O5/c1-13(2)32-19-5-3-4-6-20(19)33-18-10-7-14(23(24,25)26)11-16(18)21(29)28-15-8-9-17(22(30)31)27-12-15;1-32-19-8-12(11-28)2-6-18(19)33-17-7-3-13(22(23,24)25)9-15(17)20(29)27-14-4-5-16(21(30)31)26-10-14;1-31-18-9-12(22)3-7-17(18)32-16-6-2-11(21(23,24)25)8-14(16)19(28)27-13-4-5-15(20(29)30)26-10-13/h3-13H,1-2H3,(H,28,29)(H,30,31);2-10,28H,11H2,1H3,(H,27,29)(H,30,31);2-10H,1H3,(H,27,28)(H,29,30). The van der Waals surface area contributed by atoms with Gasteiger partial charge in [0, 0.05) is 11.1 Å². The van der Waals surface area contributed by atoms with Crippen molar-refractivity contribution in [2.24, 2.45) is 0 Å². The molecule has 3 aromatic heterocycles. The van der Waals surface area contributed by atoms with Crippen molar-refractivity contribution in [2.75, 3.05) is 30.2 Å². The minimum atomic E-state index is -4.71. The molecule has 9 rings (SSSR count). The SMILES string of the molecule is CC(C)Oc1ccccc1Oc1ccc(C(F)(F)F)cc1C(=O)Nc1ccc(C(=O)O)nc1.COc1cc(CO)ccc1Oc1ccc(C(F)(F)F)cc1C(=O)Nc1ccc(C(=O)O)nc1.COc1cc(Cl)ccc1Oc1ccc(C(F)(F)F)cc1C(=O)Nc1ccc(C(=O)O)nc1. The predicted octanol–water partition coefficient (Wildman–Crippen LogP) is 15.5. The fourth-order valence-electron chi connectivity index (χ4n) is 8.16. The van der Waals surface area contributed by atoms with Crippen molar-refractivity contribution in [1.29, 1.82) is 0 Å². The number of para-hydroxylation sites is 2. The molecule has 7 N–H and O–H groups in total. The fraction of sp³-hybridized carbons (Fsp3) is 0.136. The highest BCUT2D eigenvalue weighted by molar-refractivity contribution is 6.30. The van der Waals surface area contributed by atoms with Crippen molar-refractivity contribution in [2.45, 2.75) is 45.1 Å². The van der Waals surface area contributed by atoms with Crippen LogP contribution in [0.2, 0.25) is 5.02 Å². The second kappa shape index (κ2) is 32.0. The molecule has 9 aromatic rings. The summed E-state index contributed by atoms with van der Waals surface area (Å²) >= 11 is 5.90. The normalized spacial score (nSPS) is 11.1. The van der Waals surface area contributed by atoms with Crippen LogP contribution in [0.5, 0.6) is 51.7 Å². The number of hydrogen-bond donors (Lipinski definition) is 7. The maximum absolute atomic E-state index is 13.3. The summed E-state index contributed by atoms with van der Waals surface area (Å²) in [7, 11) is 2.70. The third-order valence-corrected chi connectivity index (χ3v) is 13.0. The van der Waals surface area contributed by atoms with Gasteiger partial charge in [0.1, 0.15) is 34.3 Å². The van der Waals surface area contributed by atoms with Crippen molar-refractivity contribution >= 4 is 64.3 Å². The summed E-state index contributed by atoms with van der Waals surface area (Å²) in [4.78, 5) is 82.1. The van der Waals surface area contributed by atoms with Crippen molar-refractivity contribution in [3.63, 3.8) is 0 Å². The van der Waals surface area contributed by atoms with Gasteiger partial charge in [0.25, 0.3) is 17.7 Å². The van der Waals surface area contributed by atoms with Crippen LogP contribution in [0.15, 0.2) is 170 Å². The molecule has 0 aliphatic carbocycles. The van der Waals surface area contributed by atoms with Gasteiger partial charge in [-0.3, -0.25) is 14.4 Å². The number of amides is 3. The molecular weight excluding hydrogens is 1340 g/mol. The van der Waals surface area contributed by atoms with Crippen LogP contribution < -0.4 is 44.4 Å². The van der Waals surface area contributed by atoms with Crippen LogP contribution in [0.25, 0.3) is 0 Å².